The number of esters is 1. The molecule has 0 aliphatic carbocycles. The number of anilines is 2. The molecule has 0 fully saturated rings. The number of likely N-dealkylation sites (N-methyl/N-ethyl adjacent to an activating group) is 1. The quantitative estimate of drug-likeness (QED) is 0.654. The topological polar surface area (TPSA) is 78.9 Å². The van der Waals surface area contributed by atoms with Gasteiger partial charge in [0.05, 0.1) is 5.00 Å². The lowest BCUT2D eigenvalue weighted by Gasteiger charge is -2.18. The molecular formula is C23H31N3O4S. The van der Waals surface area contributed by atoms with Gasteiger partial charge in [0.1, 0.15) is 4.88 Å². The SMILES string of the molecule is Cc1cc(NC(=O)C(C)(C)C)sc1C(=O)OCC(=O)N(C)Cc1ccc(N(C)C)cc1. The third-order valence-corrected chi connectivity index (χ3v) is 5.78. The molecule has 0 aliphatic heterocycles. The van der Waals surface area contributed by atoms with Crippen molar-refractivity contribution < 1.29 is 19.1 Å². The summed E-state index contributed by atoms with van der Waals surface area (Å²) in [6.45, 7) is 7.30. The molecule has 168 valence electrons. The zero-order chi connectivity index (χ0) is 23.3. The molecule has 0 saturated carbocycles. The smallest absolute Gasteiger partial charge is 0.349 e. The Kier molecular flexibility index (Phi) is 7.84. The number of carbonyl (C=O) groups excluding carboxylic acids is 3. The Morgan fingerprint density at radius 1 is 1.06 bits per heavy atom. The van der Waals surface area contributed by atoms with E-state index in [1.807, 2.05) is 64.0 Å². The van der Waals surface area contributed by atoms with Crippen LogP contribution in [0.1, 0.15) is 41.6 Å². The summed E-state index contributed by atoms with van der Waals surface area (Å²) in [5.74, 6) is -1.000. The average Bonchev–Trinajstić information content (AvgIpc) is 3.05. The van der Waals surface area contributed by atoms with Crippen LogP contribution in [0.5, 0.6) is 0 Å². The molecule has 31 heavy (non-hydrogen) atoms. The number of ether oxygens (including phenoxy) is 1. The molecule has 2 amide bonds. The fraction of sp³-hybridized carbons (Fsp3) is 0.435. The number of aryl methyl sites for hydroxylation is 1. The summed E-state index contributed by atoms with van der Waals surface area (Å²) in [4.78, 5) is 40.9. The van der Waals surface area contributed by atoms with Gasteiger partial charge in [-0.15, -0.1) is 11.3 Å². The lowest BCUT2D eigenvalue weighted by molar-refractivity contribution is -0.133. The molecule has 0 spiro atoms. The highest BCUT2D eigenvalue weighted by atomic mass is 32.1. The van der Waals surface area contributed by atoms with Crippen LogP contribution < -0.4 is 10.2 Å². The number of carbonyl (C=O) groups is 3. The van der Waals surface area contributed by atoms with Crippen molar-refractivity contribution in [1.29, 1.82) is 0 Å². The van der Waals surface area contributed by atoms with E-state index in [4.69, 9.17) is 4.74 Å². The summed E-state index contributed by atoms with van der Waals surface area (Å²) in [5, 5.41) is 3.39. The highest BCUT2D eigenvalue weighted by molar-refractivity contribution is 7.18. The molecule has 1 aromatic heterocycles. The van der Waals surface area contributed by atoms with Crippen LogP contribution >= 0.6 is 11.3 Å². The second-order valence-corrected chi connectivity index (χ2v) is 9.77. The molecule has 2 rings (SSSR count). The molecule has 0 aliphatic rings. The maximum Gasteiger partial charge on any atom is 0.349 e. The first-order valence-electron chi connectivity index (χ1n) is 9.97. The predicted octanol–water partition coefficient (Wildman–Crippen LogP) is 3.92. The molecule has 1 aromatic carbocycles. The lowest BCUT2D eigenvalue weighted by atomic mass is 9.96. The van der Waals surface area contributed by atoms with Crippen molar-refractivity contribution in [1.82, 2.24) is 4.90 Å². The van der Waals surface area contributed by atoms with E-state index in [0.717, 1.165) is 22.6 Å². The largest absolute Gasteiger partial charge is 0.451 e. The van der Waals surface area contributed by atoms with Crippen LogP contribution in [0.15, 0.2) is 30.3 Å². The molecule has 0 radical (unpaired) electrons. The summed E-state index contributed by atoms with van der Waals surface area (Å²) in [7, 11) is 5.61. The van der Waals surface area contributed by atoms with Crippen LogP contribution in [0.2, 0.25) is 0 Å². The van der Waals surface area contributed by atoms with Crippen molar-refractivity contribution in [3.8, 4) is 0 Å². The zero-order valence-corrected chi connectivity index (χ0v) is 20.1. The van der Waals surface area contributed by atoms with Crippen LogP contribution in [0.3, 0.4) is 0 Å². The van der Waals surface area contributed by atoms with Crippen LogP contribution in [-0.4, -0.2) is 50.4 Å². The summed E-state index contributed by atoms with van der Waals surface area (Å²) in [5.41, 5.74) is 2.22. The summed E-state index contributed by atoms with van der Waals surface area (Å²) < 4.78 is 5.23. The number of amides is 2. The summed E-state index contributed by atoms with van der Waals surface area (Å²) in [6.07, 6.45) is 0. The van der Waals surface area contributed by atoms with Crippen LogP contribution in [0, 0.1) is 12.3 Å². The normalized spacial score (nSPS) is 11.1. The number of benzene rings is 1. The zero-order valence-electron chi connectivity index (χ0n) is 19.2. The fourth-order valence-corrected chi connectivity index (χ4v) is 3.57. The molecule has 0 unspecified atom stereocenters. The third kappa shape index (κ3) is 6.82. The van der Waals surface area contributed by atoms with E-state index in [2.05, 4.69) is 5.32 Å². The van der Waals surface area contributed by atoms with Crippen molar-refractivity contribution in [3.63, 3.8) is 0 Å². The highest BCUT2D eigenvalue weighted by Crippen LogP contribution is 2.29. The number of hydrogen-bond donors (Lipinski definition) is 1. The number of hydrogen-bond acceptors (Lipinski definition) is 6. The van der Waals surface area contributed by atoms with Crippen LogP contribution in [-0.2, 0) is 20.9 Å². The van der Waals surface area contributed by atoms with E-state index in [1.54, 1.807) is 20.0 Å². The number of rotatable bonds is 7. The minimum absolute atomic E-state index is 0.135. The van der Waals surface area contributed by atoms with Crippen molar-refractivity contribution in [2.45, 2.75) is 34.2 Å². The van der Waals surface area contributed by atoms with E-state index >= 15 is 0 Å². The van der Waals surface area contributed by atoms with Gasteiger partial charge in [0.25, 0.3) is 5.91 Å². The first-order valence-corrected chi connectivity index (χ1v) is 10.8. The maximum absolute atomic E-state index is 12.4. The predicted molar refractivity (Wildman–Crippen MR) is 125 cm³/mol. The van der Waals surface area contributed by atoms with Crippen LogP contribution in [0.25, 0.3) is 0 Å². The molecular weight excluding hydrogens is 414 g/mol. The first-order chi connectivity index (χ1) is 14.4. The lowest BCUT2D eigenvalue weighted by Crippen LogP contribution is -2.30. The number of nitrogens with one attached hydrogen (secondary N) is 1. The van der Waals surface area contributed by atoms with Gasteiger partial charge in [-0.3, -0.25) is 9.59 Å². The standard InChI is InChI=1S/C23H31N3O4S/c1-15-12-18(24-22(29)23(2,3)4)31-20(15)21(28)30-14-19(27)26(7)13-16-8-10-17(11-9-16)25(5)6/h8-12H,13-14H2,1-7H3,(H,24,29). The van der Waals surface area contributed by atoms with Gasteiger partial charge in [-0.2, -0.15) is 0 Å². The van der Waals surface area contributed by atoms with E-state index in [9.17, 15) is 14.4 Å². The second-order valence-electron chi connectivity index (χ2n) is 8.71. The average molecular weight is 446 g/mol. The van der Waals surface area contributed by atoms with Crippen molar-refractivity contribution in [2.75, 3.05) is 38.0 Å². The number of nitrogens with zero attached hydrogens (tertiary/aromatic N) is 2. The van der Waals surface area contributed by atoms with Crippen molar-refractivity contribution >= 4 is 39.8 Å². The van der Waals surface area contributed by atoms with Gasteiger partial charge in [-0.25, -0.2) is 4.79 Å². The van der Waals surface area contributed by atoms with E-state index in [0.29, 0.717) is 22.0 Å². The molecule has 0 atom stereocenters. The molecule has 0 bridgehead atoms. The van der Waals surface area contributed by atoms with E-state index in [1.165, 1.54) is 4.90 Å². The molecule has 7 nitrogen and oxygen atoms in total. The molecule has 8 heteroatoms. The molecule has 1 N–H and O–H groups in total. The monoisotopic (exact) mass is 445 g/mol. The van der Waals surface area contributed by atoms with E-state index in [-0.39, 0.29) is 18.4 Å². The Labute approximate surface area is 188 Å². The fourth-order valence-electron chi connectivity index (χ4n) is 2.61. The van der Waals surface area contributed by atoms with Gasteiger partial charge in [-0.1, -0.05) is 32.9 Å². The Balaban J connectivity index is 1.91. The third-order valence-electron chi connectivity index (χ3n) is 4.65. The van der Waals surface area contributed by atoms with Gasteiger partial charge in [0, 0.05) is 38.8 Å². The Morgan fingerprint density at radius 3 is 2.23 bits per heavy atom. The summed E-state index contributed by atoms with van der Waals surface area (Å²) in [6, 6.07) is 9.64. The number of thiophene rings is 1. The Morgan fingerprint density at radius 2 is 1.68 bits per heavy atom. The van der Waals surface area contributed by atoms with Crippen molar-refractivity contribution in [3.05, 3.63) is 46.3 Å². The highest BCUT2D eigenvalue weighted by Gasteiger charge is 2.23. The van der Waals surface area contributed by atoms with E-state index < -0.39 is 11.4 Å². The molecule has 0 saturated heterocycles. The second kappa shape index (κ2) is 9.96. The minimum Gasteiger partial charge on any atom is -0.451 e. The minimum atomic E-state index is -0.573. The van der Waals surface area contributed by atoms with Gasteiger partial charge in [0.15, 0.2) is 6.61 Å². The van der Waals surface area contributed by atoms with Gasteiger partial charge in [-0.05, 0) is 36.2 Å². The maximum atomic E-state index is 12.4. The first kappa shape index (κ1) is 24.4. The van der Waals surface area contributed by atoms with Gasteiger partial charge in [0.2, 0.25) is 5.91 Å². The summed E-state index contributed by atoms with van der Waals surface area (Å²) >= 11 is 1.14. The van der Waals surface area contributed by atoms with Gasteiger partial charge < -0.3 is 19.9 Å². The van der Waals surface area contributed by atoms with Crippen molar-refractivity contribution in [2.24, 2.45) is 5.41 Å². The van der Waals surface area contributed by atoms with Gasteiger partial charge >= 0.3 is 5.97 Å². The molecule has 2 aromatic rings. The Hall–Kier alpha value is -2.87. The molecule has 1 heterocycles. The Bertz CT molecular complexity index is 943. The van der Waals surface area contributed by atoms with Crippen LogP contribution in [0.4, 0.5) is 10.7 Å².